The number of para-hydroxylation sites is 3. The summed E-state index contributed by atoms with van der Waals surface area (Å²) in [4.78, 5) is 10.1. The fourth-order valence-corrected chi connectivity index (χ4v) is 7.25. The van der Waals surface area contributed by atoms with E-state index in [4.69, 9.17) is 9.97 Å². The Hall–Kier alpha value is -5.48. The van der Waals surface area contributed by atoms with Crippen molar-refractivity contribution in [1.29, 1.82) is 0 Å². The molecule has 10 rings (SSSR count). The van der Waals surface area contributed by atoms with E-state index < -0.39 is 0 Å². The van der Waals surface area contributed by atoms with Gasteiger partial charge in [-0.25, -0.2) is 9.97 Å². The van der Waals surface area contributed by atoms with Gasteiger partial charge in [-0.05, 0) is 89.3 Å². The molecule has 0 saturated heterocycles. The first-order chi connectivity index (χ1) is 20.3. The van der Waals surface area contributed by atoms with E-state index in [-0.39, 0.29) is 0 Å². The van der Waals surface area contributed by atoms with Crippen molar-refractivity contribution in [2.75, 3.05) is 0 Å². The van der Waals surface area contributed by atoms with Crippen molar-refractivity contribution in [2.24, 2.45) is 0 Å². The molecular weight excluding hydrogens is 500 g/mol. The minimum Gasteiger partial charge on any atom is -0.309 e. The van der Waals surface area contributed by atoms with E-state index in [1.165, 1.54) is 49.4 Å². The molecule has 0 radical (unpaired) electrons. The van der Waals surface area contributed by atoms with E-state index in [9.17, 15) is 0 Å². The predicted molar refractivity (Wildman–Crippen MR) is 168 cm³/mol. The SMILES string of the molecule is c1ccc(-n2c3cc4c(cc3c3c5c6cccnc6n6c7ccccc7nc6c5ccc32)Cc2ccccc2-4)cc1. The minimum atomic E-state index is 0.936. The summed E-state index contributed by atoms with van der Waals surface area (Å²) in [5.41, 5.74) is 13.0. The highest BCUT2D eigenvalue weighted by molar-refractivity contribution is 6.30. The zero-order valence-corrected chi connectivity index (χ0v) is 22.0. The quantitative estimate of drug-likeness (QED) is 0.202. The van der Waals surface area contributed by atoms with E-state index in [1.807, 2.05) is 6.20 Å². The number of hydrogen-bond donors (Lipinski definition) is 0. The second-order valence-electron chi connectivity index (χ2n) is 11.0. The largest absolute Gasteiger partial charge is 0.309 e. The molecule has 41 heavy (non-hydrogen) atoms. The Morgan fingerprint density at radius 2 is 1.37 bits per heavy atom. The number of rotatable bonds is 1. The van der Waals surface area contributed by atoms with Crippen LogP contribution < -0.4 is 0 Å². The van der Waals surface area contributed by atoms with E-state index in [1.54, 1.807) is 0 Å². The van der Waals surface area contributed by atoms with Crippen LogP contribution in [0, 0.1) is 0 Å². The zero-order valence-electron chi connectivity index (χ0n) is 22.0. The predicted octanol–water partition coefficient (Wildman–Crippen LogP) is 8.86. The van der Waals surface area contributed by atoms with Gasteiger partial charge < -0.3 is 4.57 Å². The molecule has 190 valence electrons. The van der Waals surface area contributed by atoms with Crippen LogP contribution in [0.25, 0.3) is 77.1 Å². The Morgan fingerprint density at radius 3 is 2.32 bits per heavy atom. The monoisotopic (exact) mass is 522 g/mol. The Labute approximate surface area is 234 Å². The lowest BCUT2D eigenvalue weighted by atomic mass is 9.99. The van der Waals surface area contributed by atoms with Crippen LogP contribution in [0.4, 0.5) is 0 Å². The molecule has 0 bridgehead atoms. The van der Waals surface area contributed by atoms with Crippen molar-refractivity contribution >= 4 is 60.3 Å². The van der Waals surface area contributed by atoms with Crippen LogP contribution in [0.2, 0.25) is 0 Å². The van der Waals surface area contributed by atoms with Gasteiger partial charge in [0.15, 0.2) is 0 Å². The number of aromatic nitrogens is 4. The third-order valence-electron chi connectivity index (χ3n) is 8.93. The molecule has 0 spiro atoms. The second kappa shape index (κ2) is 7.58. The smallest absolute Gasteiger partial charge is 0.147 e. The molecule has 0 atom stereocenters. The maximum Gasteiger partial charge on any atom is 0.147 e. The Morgan fingerprint density at radius 1 is 0.537 bits per heavy atom. The average molecular weight is 523 g/mol. The minimum absolute atomic E-state index is 0.936. The summed E-state index contributed by atoms with van der Waals surface area (Å²) in [6, 6.07) is 41.6. The van der Waals surface area contributed by atoms with Crippen LogP contribution in [-0.2, 0) is 6.42 Å². The molecule has 4 nitrogen and oxygen atoms in total. The van der Waals surface area contributed by atoms with Gasteiger partial charge in [0.2, 0.25) is 0 Å². The van der Waals surface area contributed by atoms with E-state index >= 15 is 0 Å². The molecule has 5 aromatic carbocycles. The highest BCUT2D eigenvalue weighted by atomic mass is 15.1. The van der Waals surface area contributed by atoms with Crippen molar-refractivity contribution in [3.8, 4) is 16.8 Å². The van der Waals surface area contributed by atoms with Crippen LogP contribution in [0.1, 0.15) is 11.1 Å². The van der Waals surface area contributed by atoms with Gasteiger partial charge in [0.05, 0.1) is 22.1 Å². The first-order valence-corrected chi connectivity index (χ1v) is 14.1. The number of pyridine rings is 2. The average Bonchev–Trinajstić information content (AvgIpc) is 3.69. The Kier molecular flexibility index (Phi) is 3.95. The van der Waals surface area contributed by atoms with Gasteiger partial charge in [0.25, 0.3) is 0 Å². The van der Waals surface area contributed by atoms with Gasteiger partial charge >= 0.3 is 0 Å². The molecule has 0 N–H and O–H groups in total. The van der Waals surface area contributed by atoms with Crippen LogP contribution in [0.5, 0.6) is 0 Å². The molecule has 4 aromatic heterocycles. The molecule has 1 aliphatic carbocycles. The lowest BCUT2D eigenvalue weighted by Crippen LogP contribution is -1.95. The van der Waals surface area contributed by atoms with Crippen LogP contribution in [0.15, 0.2) is 121 Å². The third-order valence-corrected chi connectivity index (χ3v) is 8.93. The van der Waals surface area contributed by atoms with Crippen molar-refractivity contribution < 1.29 is 0 Å². The zero-order chi connectivity index (χ0) is 26.7. The van der Waals surface area contributed by atoms with Crippen molar-refractivity contribution in [2.45, 2.75) is 6.42 Å². The fourth-order valence-electron chi connectivity index (χ4n) is 7.25. The Bertz CT molecular complexity index is 2550. The van der Waals surface area contributed by atoms with Crippen molar-refractivity contribution in [1.82, 2.24) is 18.9 Å². The summed E-state index contributed by atoms with van der Waals surface area (Å²) in [5.74, 6) is 0. The van der Waals surface area contributed by atoms with Crippen LogP contribution >= 0.6 is 0 Å². The normalized spacial score (nSPS) is 12.8. The van der Waals surface area contributed by atoms with Crippen LogP contribution in [-0.4, -0.2) is 18.9 Å². The van der Waals surface area contributed by atoms with Gasteiger partial charge in [-0.1, -0.05) is 54.6 Å². The molecule has 0 saturated carbocycles. The lowest BCUT2D eigenvalue weighted by Gasteiger charge is -2.11. The highest BCUT2D eigenvalue weighted by Gasteiger charge is 2.24. The van der Waals surface area contributed by atoms with Gasteiger partial charge in [0, 0.05) is 38.8 Å². The standard InChI is InChI=1S/C37H22N4/c1-2-10-24(11-3-1)40-32-17-16-27-34(26-13-8-18-38-36(26)41-31-15-7-6-14-30(31)39-37(27)41)35(32)29-20-23-19-22-9-4-5-12-25(22)28(23)21-33(29)40/h1-18,20-21H,19H2. The van der Waals surface area contributed by atoms with E-state index in [0.717, 1.165) is 45.2 Å². The second-order valence-corrected chi connectivity index (χ2v) is 11.0. The third kappa shape index (κ3) is 2.69. The number of hydrogen-bond acceptors (Lipinski definition) is 2. The number of nitrogens with zero attached hydrogens (tertiary/aromatic N) is 4. The number of fused-ring (bicyclic) bond motifs is 15. The first kappa shape index (κ1) is 21.4. The molecular formula is C37H22N4. The molecule has 4 heteroatoms. The molecule has 1 aliphatic rings. The van der Waals surface area contributed by atoms with Crippen molar-refractivity contribution in [3.63, 3.8) is 0 Å². The maximum atomic E-state index is 5.15. The van der Waals surface area contributed by atoms with Gasteiger partial charge in [-0.2, -0.15) is 0 Å². The topological polar surface area (TPSA) is 35.1 Å². The molecule has 9 aromatic rings. The van der Waals surface area contributed by atoms with Crippen LogP contribution in [0.3, 0.4) is 0 Å². The number of imidazole rings is 1. The van der Waals surface area contributed by atoms with Gasteiger partial charge in [-0.3, -0.25) is 4.40 Å². The van der Waals surface area contributed by atoms with Gasteiger partial charge in [0.1, 0.15) is 11.3 Å². The summed E-state index contributed by atoms with van der Waals surface area (Å²) in [7, 11) is 0. The maximum absolute atomic E-state index is 5.15. The molecule has 0 unspecified atom stereocenters. The highest BCUT2D eigenvalue weighted by Crippen LogP contribution is 2.45. The molecule has 4 heterocycles. The summed E-state index contributed by atoms with van der Waals surface area (Å²) in [6.45, 7) is 0. The summed E-state index contributed by atoms with van der Waals surface area (Å²) < 4.78 is 4.66. The fraction of sp³-hybridized carbons (Fsp3) is 0.0270. The van der Waals surface area contributed by atoms with E-state index in [0.29, 0.717) is 0 Å². The van der Waals surface area contributed by atoms with Crippen molar-refractivity contribution in [3.05, 3.63) is 133 Å². The molecule has 0 fully saturated rings. The Balaban J connectivity index is 1.47. The molecule has 0 aliphatic heterocycles. The summed E-state index contributed by atoms with van der Waals surface area (Å²) >= 11 is 0. The first-order valence-electron chi connectivity index (χ1n) is 14.1. The van der Waals surface area contributed by atoms with Gasteiger partial charge in [-0.15, -0.1) is 0 Å². The summed E-state index contributed by atoms with van der Waals surface area (Å²) in [6.07, 6.45) is 2.85. The lowest BCUT2D eigenvalue weighted by molar-refractivity contribution is 1.18. The summed E-state index contributed by atoms with van der Waals surface area (Å²) in [5, 5.41) is 6.02. The van der Waals surface area contributed by atoms with E-state index in [2.05, 4.69) is 124 Å². The number of benzene rings is 5. The molecule has 0 amide bonds.